The van der Waals surface area contributed by atoms with Crippen LogP contribution >= 0.6 is 23.2 Å². The number of hydrogen-bond acceptors (Lipinski definition) is 6. The third-order valence-electron chi connectivity index (χ3n) is 5.96. The first-order valence-corrected chi connectivity index (χ1v) is 11.0. The SMILES string of the molecule is CN(C)C1CCC(Nc2c(C=O)cnc3ccc(-c4cc(Cl)c(O)c(Cl)c4)nc23)CC1. The van der Waals surface area contributed by atoms with Crippen molar-refractivity contribution in [2.24, 2.45) is 0 Å². The molecule has 1 aliphatic rings. The number of aromatic hydroxyl groups is 1. The van der Waals surface area contributed by atoms with E-state index in [-0.39, 0.29) is 21.8 Å². The third-order valence-corrected chi connectivity index (χ3v) is 6.53. The van der Waals surface area contributed by atoms with Gasteiger partial charge in [-0.05, 0) is 64.0 Å². The van der Waals surface area contributed by atoms with Gasteiger partial charge in [0.15, 0.2) is 12.0 Å². The van der Waals surface area contributed by atoms with E-state index in [1.807, 2.05) is 12.1 Å². The maximum Gasteiger partial charge on any atom is 0.153 e. The molecule has 0 atom stereocenters. The molecular weight excluding hydrogens is 435 g/mol. The van der Waals surface area contributed by atoms with Crippen LogP contribution in [0.3, 0.4) is 0 Å². The van der Waals surface area contributed by atoms with Crippen molar-refractivity contribution < 1.29 is 9.90 Å². The first-order valence-electron chi connectivity index (χ1n) is 10.2. The van der Waals surface area contributed by atoms with Gasteiger partial charge in [-0.25, -0.2) is 4.98 Å². The minimum absolute atomic E-state index is 0.153. The van der Waals surface area contributed by atoms with E-state index in [0.717, 1.165) is 32.0 Å². The molecule has 8 heteroatoms. The third kappa shape index (κ3) is 4.47. The summed E-state index contributed by atoms with van der Waals surface area (Å²) in [7, 11) is 4.24. The van der Waals surface area contributed by atoms with Crippen LogP contribution in [0, 0.1) is 0 Å². The van der Waals surface area contributed by atoms with Gasteiger partial charge in [0.05, 0.1) is 32.5 Å². The number of benzene rings is 1. The summed E-state index contributed by atoms with van der Waals surface area (Å²) < 4.78 is 0. The predicted molar refractivity (Wildman–Crippen MR) is 125 cm³/mol. The molecule has 1 fully saturated rings. The number of pyridine rings is 2. The Kier molecular flexibility index (Phi) is 6.32. The molecule has 4 rings (SSSR count). The van der Waals surface area contributed by atoms with Gasteiger partial charge in [0, 0.05) is 23.8 Å². The molecule has 0 spiro atoms. The Bertz CT molecular complexity index is 1100. The van der Waals surface area contributed by atoms with Crippen molar-refractivity contribution in [2.45, 2.75) is 37.8 Å². The number of aldehydes is 1. The van der Waals surface area contributed by atoms with E-state index < -0.39 is 0 Å². The second kappa shape index (κ2) is 8.99. The number of hydrogen-bond donors (Lipinski definition) is 2. The zero-order valence-corrected chi connectivity index (χ0v) is 18.9. The lowest BCUT2D eigenvalue weighted by Gasteiger charge is -2.33. The summed E-state index contributed by atoms with van der Waals surface area (Å²) in [5.41, 5.74) is 3.79. The lowest BCUT2D eigenvalue weighted by molar-refractivity contribution is 0.112. The highest BCUT2D eigenvalue weighted by atomic mass is 35.5. The van der Waals surface area contributed by atoms with Crippen LogP contribution in [0.1, 0.15) is 36.0 Å². The van der Waals surface area contributed by atoms with Crippen molar-refractivity contribution in [1.29, 1.82) is 0 Å². The molecule has 1 aromatic carbocycles. The van der Waals surface area contributed by atoms with Crippen molar-refractivity contribution in [3.05, 3.63) is 46.1 Å². The van der Waals surface area contributed by atoms with Crippen molar-refractivity contribution in [3.8, 4) is 17.0 Å². The van der Waals surface area contributed by atoms with Gasteiger partial charge in [-0.1, -0.05) is 23.2 Å². The van der Waals surface area contributed by atoms with Crippen molar-refractivity contribution in [2.75, 3.05) is 19.4 Å². The van der Waals surface area contributed by atoms with E-state index in [1.54, 1.807) is 18.3 Å². The topological polar surface area (TPSA) is 78.4 Å². The number of carbonyl (C=O) groups excluding carboxylic acids is 1. The van der Waals surface area contributed by atoms with Crippen molar-refractivity contribution in [3.63, 3.8) is 0 Å². The van der Waals surface area contributed by atoms with E-state index in [4.69, 9.17) is 28.2 Å². The Morgan fingerprint density at radius 2 is 1.81 bits per heavy atom. The number of phenols is 1. The monoisotopic (exact) mass is 458 g/mol. The fourth-order valence-corrected chi connectivity index (χ4v) is 4.62. The Hall–Kier alpha value is -2.41. The maximum absolute atomic E-state index is 11.8. The zero-order valence-electron chi connectivity index (χ0n) is 17.4. The molecule has 0 radical (unpaired) electrons. The molecule has 0 saturated heterocycles. The lowest BCUT2D eigenvalue weighted by Crippen LogP contribution is -2.36. The van der Waals surface area contributed by atoms with E-state index in [0.29, 0.717) is 39.6 Å². The number of carbonyl (C=O) groups is 1. The van der Waals surface area contributed by atoms with Gasteiger partial charge in [0.2, 0.25) is 0 Å². The molecule has 2 N–H and O–H groups in total. The summed E-state index contributed by atoms with van der Waals surface area (Å²) >= 11 is 12.2. The summed E-state index contributed by atoms with van der Waals surface area (Å²) in [5, 5.41) is 13.7. The van der Waals surface area contributed by atoms with Gasteiger partial charge in [-0.3, -0.25) is 9.78 Å². The molecule has 6 nitrogen and oxygen atoms in total. The molecule has 2 aromatic heterocycles. The number of nitrogens with zero attached hydrogens (tertiary/aromatic N) is 3. The summed E-state index contributed by atoms with van der Waals surface area (Å²) in [6.45, 7) is 0. The highest BCUT2D eigenvalue weighted by Crippen LogP contribution is 2.37. The highest BCUT2D eigenvalue weighted by molar-refractivity contribution is 6.37. The van der Waals surface area contributed by atoms with Gasteiger partial charge < -0.3 is 15.3 Å². The molecule has 2 heterocycles. The number of anilines is 1. The Morgan fingerprint density at radius 3 is 2.42 bits per heavy atom. The lowest BCUT2D eigenvalue weighted by atomic mass is 9.90. The highest BCUT2D eigenvalue weighted by Gasteiger charge is 2.24. The minimum atomic E-state index is -0.159. The van der Waals surface area contributed by atoms with Crippen LogP contribution in [-0.2, 0) is 0 Å². The predicted octanol–water partition coefficient (Wildman–Crippen LogP) is 5.41. The summed E-state index contributed by atoms with van der Waals surface area (Å²) in [4.78, 5) is 23.2. The van der Waals surface area contributed by atoms with E-state index in [1.165, 1.54) is 0 Å². The summed E-state index contributed by atoms with van der Waals surface area (Å²) in [6, 6.07) is 7.76. The van der Waals surface area contributed by atoms with Crippen LogP contribution in [0.4, 0.5) is 5.69 Å². The Balaban J connectivity index is 1.72. The number of fused-ring (bicyclic) bond motifs is 1. The number of aromatic nitrogens is 2. The quantitative estimate of drug-likeness (QED) is 0.497. The van der Waals surface area contributed by atoms with E-state index in [9.17, 15) is 9.90 Å². The first-order chi connectivity index (χ1) is 14.9. The molecular formula is C23H24Cl2N4O2. The van der Waals surface area contributed by atoms with Gasteiger partial charge in [-0.15, -0.1) is 0 Å². The molecule has 3 aromatic rings. The minimum Gasteiger partial charge on any atom is -0.505 e. The van der Waals surface area contributed by atoms with E-state index in [2.05, 4.69) is 29.3 Å². The van der Waals surface area contributed by atoms with Crippen LogP contribution in [0.2, 0.25) is 10.0 Å². The average Bonchev–Trinajstić information content (AvgIpc) is 2.77. The second-order valence-corrected chi connectivity index (χ2v) is 8.99. The Morgan fingerprint density at radius 1 is 1.13 bits per heavy atom. The molecule has 0 bridgehead atoms. The van der Waals surface area contributed by atoms with Crippen molar-refractivity contribution in [1.82, 2.24) is 14.9 Å². The molecule has 0 aliphatic heterocycles. The number of rotatable bonds is 5. The largest absolute Gasteiger partial charge is 0.505 e. The molecule has 162 valence electrons. The van der Waals surface area contributed by atoms with Crippen LogP contribution in [0.15, 0.2) is 30.5 Å². The smallest absolute Gasteiger partial charge is 0.153 e. The van der Waals surface area contributed by atoms with Crippen LogP contribution in [-0.4, -0.2) is 52.4 Å². The Labute approximate surface area is 191 Å². The number of halogens is 2. The standard InChI is InChI=1S/C23H24Cl2N4O2/c1-29(2)16-5-3-15(4-6-16)27-21-14(12-30)11-26-20-8-7-19(28-22(20)21)13-9-17(24)23(31)18(25)10-13/h7-12,15-16,31H,3-6H2,1-2H3,(H,26,27). The van der Waals surface area contributed by atoms with Gasteiger partial charge in [0.1, 0.15) is 5.52 Å². The second-order valence-electron chi connectivity index (χ2n) is 8.17. The number of nitrogens with one attached hydrogen (secondary N) is 1. The molecule has 1 aliphatic carbocycles. The molecule has 0 unspecified atom stereocenters. The molecule has 1 saturated carbocycles. The average molecular weight is 459 g/mol. The van der Waals surface area contributed by atoms with Gasteiger partial charge >= 0.3 is 0 Å². The summed E-state index contributed by atoms with van der Waals surface area (Å²) in [6.07, 6.45) is 6.64. The van der Waals surface area contributed by atoms with Crippen molar-refractivity contribution >= 4 is 46.2 Å². The molecule has 0 amide bonds. The van der Waals surface area contributed by atoms with Crippen LogP contribution in [0.5, 0.6) is 5.75 Å². The van der Waals surface area contributed by atoms with Crippen LogP contribution < -0.4 is 5.32 Å². The summed E-state index contributed by atoms with van der Waals surface area (Å²) in [5.74, 6) is -0.159. The van der Waals surface area contributed by atoms with Gasteiger partial charge in [-0.2, -0.15) is 0 Å². The first kappa shape index (κ1) is 21.8. The van der Waals surface area contributed by atoms with Gasteiger partial charge in [0.25, 0.3) is 0 Å². The fraction of sp³-hybridized carbons (Fsp3) is 0.348. The number of phenolic OH excluding ortho intramolecular Hbond substituents is 1. The zero-order chi connectivity index (χ0) is 22.1. The normalized spacial score (nSPS) is 19.0. The van der Waals surface area contributed by atoms with Crippen LogP contribution in [0.25, 0.3) is 22.3 Å². The molecule has 31 heavy (non-hydrogen) atoms. The fourth-order valence-electron chi connectivity index (χ4n) is 4.14. The maximum atomic E-state index is 11.8. The van der Waals surface area contributed by atoms with E-state index >= 15 is 0 Å².